The van der Waals surface area contributed by atoms with Crippen LogP contribution in [0.15, 0.2) is 16.8 Å². The largest absolute Gasteiger partial charge is 0.336 e. The quantitative estimate of drug-likeness (QED) is 0.937. The molecule has 118 valence electrons. The van der Waals surface area contributed by atoms with Gasteiger partial charge < -0.3 is 15.2 Å². The normalized spacial score (nSPS) is 22.2. The molecule has 2 unspecified atom stereocenters. The van der Waals surface area contributed by atoms with E-state index in [0.717, 1.165) is 36.9 Å². The minimum absolute atomic E-state index is 0.00000283. The van der Waals surface area contributed by atoms with Crippen LogP contribution in [0.5, 0.6) is 0 Å². The molecule has 1 fully saturated rings. The lowest BCUT2D eigenvalue weighted by molar-refractivity contribution is 0.0573. The zero-order chi connectivity index (χ0) is 15.7. The summed E-state index contributed by atoms with van der Waals surface area (Å²) in [4.78, 5) is 18.9. The Labute approximate surface area is 129 Å². The van der Waals surface area contributed by atoms with Crippen LogP contribution in [0.3, 0.4) is 0 Å². The Kier molecular flexibility index (Phi) is 4.11. The second-order valence-electron chi connectivity index (χ2n) is 6.08. The predicted octanol–water partition coefficient (Wildman–Crippen LogP) is 1.98. The van der Waals surface area contributed by atoms with Gasteiger partial charge in [0, 0.05) is 25.3 Å². The number of nitrogens with zero attached hydrogens (tertiary/aromatic N) is 3. The molecule has 2 N–H and O–H groups in total. The maximum Gasteiger partial charge on any atom is 0.257 e. The molecule has 0 radical (unpaired) electrons. The van der Waals surface area contributed by atoms with E-state index in [2.05, 4.69) is 17.1 Å². The molecule has 3 rings (SSSR count). The minimum atomic E-state index is 0.00000283. The molecular weight excluding hydrogens is 280 g/mol. The topological polar surface area (TPSA) is 85.2 Å². The highest BCUT2D eigenvalue weighted by Gasteiger charge is 2.30. The Morgan fingerprint density at radius 2 is 2.36 bits per heavy atom. The van der Waals surface area contributed by atoms with Crippen LogP contribution in [0.25, 0.3) is 11.1 Å². The molecule has 2 aromatic rings. The molecule has 0 saturated carbocycles. The summed E-state index contributed by atoms with van der Waals surface area (Å²) in [5.74, 6) is 0.614. The third kappa shape index (κ3) is 2.59. The molecule has 2 atom stereocenters. The van der Waals surface area contributed by atoms with Gasteiger partial charge in [0.1, 0.15) is 0 Å². The fourth-order valence-electron chi connectivity index (χ4n) is 3.16. The highest BCUT2D eigenvalue weighted by atomic mass is 16.5. The summed E-state index contributed by atoms with van der Waals surface area (Å²) in [5.41, 5.74) is 7.75. The van der Waals surface area contributed by atoms with Crippen LogP contribution in [-0.4, -0.2) is 40.1 Å². The zero-order valence-corrected chi connectivity index (χ0v) is 13.1. The number of carbonyl (C=O) groups is 1. The summed E-state index contributed by atoms with van der Waals surface area (Å²) in [5, 5.41) is 4.81. The van der Waals surface area contributed by atoms with Gasteiger partial charge >= 0.3 is 0 Å². The van der Waals surface area contributed by atoms with Crippen LogP contribution >= 0.6 is 0 Å². The number of carbonyl (C=O) groups excluding carboxylic acids is 1. The average Bonchev–Trinajstić information content (AvgIpc) is 2.96. The second-order valence-corrected chi connectivity index (χ2v) is 6.08. The van der Waals surface area contributed by atoms with E-state index >= 15 is 0 Å². The zero-order valence-electron chi connectivity index (χ0n) is 13.1. The van der Waals surface area contributed by atoms with Gasteiger partial charge in [0.25, 0.3) is 11.6 Å². The molecule has 0 aliphatic carbocycles. The van der Waals surface area contributed by atoms with Gasteiger partial charge in [-0.25, -0.2) is 4.98 Å². The molecule has 3 heterocycles. The molecule has 6 nitrogen and oxygen atoms in total. The molecule has 0 spiro atoms. The van der Waals surface area contributed by atoms with Crippen molar-refractivity contribution in [3.63, 3.8) is 0 Å². The first-order valence-corrected chi connectivity index (χ1v) is 7.89. The van der Waals surface area contributed by atoms with Gasteiger partial charge in [0.05, 0.1) is 16.6 Å². The van der Waals surface area contributed by atoms with Crippen molar-refractivity contribution in [2.24, 2.45) is 11.7 Å². The summed E-state index contributed by atoms with van der Waals surface area (Å²) in [6.45, 7) is 5.47. The van der Waals surface area contributed by atoms with Gasteiger partial charge in [0.2, 0.25) is 0 Å². The fraction of sp³-hybridized carbons (Fsp3) is 0.562. The molecule has 0 bridgehead atoms. The summed E-state index contributed by atoms with van der Waals surface area (Å²) in [6, 6.07) is 1.95. The van der Waals surface area contributed by atoms with Crippen LogP contribution < -0.4 is 5.73 Å². The number of nitrogens with two attached hydrogens (primary N) is 1. The van der Waals surface area contributed by atoms with E-state index in [1.54, 1.807) is 6.20 Å². The monoisotopic (exact) mass is 302 g/mol. The van der Waals surface area contributed by atoms with Crippen molar-refractivity contribution in [3.05, 3.63) is 23.5 Å². The maximum atomic E-state index is 12.8. The number of aryl methyl sites for hydroxylation is 1. The van der Waals surface area contributed by atoms with E-state index in [1.165, 1.54) is 0 Å². The number of aromatic nitrogens is 2. The molecule has 1 amide bonds. The Hall–Kier alpha value is -1.95. The molecule has 22 heavy (non-hydrogen) atoms. The van der Waals surface area contributed by atoms with Crippen LogP contribution in [0.1, 0.15) is 42.7 Å². The van der Waals surface area contributed by atoms with Gasteiger partial charge in [-0.1, -0.05) is 19.0 Å². The number of likely N-dealkylation sites (tertiary alicyclic amines) is 1. The number of amides is 1. The summed E-state index contributed by atoms with van der Waals surface area (Å²) >= 11 is 0. The maximum absolute atomic E-state index is 12.8. The van der Waals surface area contributed by atoms with Crippen molar-refractivity contribution in [1.82, 2.24) is 15.0 Å². The van der Waals surface area contributed by atoms with Crippen molar-refractivity contribution in [3.8, 4) is 0 Å². The first kappa shape index (κ1) is 15.0. The van der Waals surface area contributed by atoms with Gasteiger partial charge in [-0.15, -0.1) is 0 Å². The molecule has 6 heteroatoms. The van der Waals surface area contributed by atoms with E-state index in [-0.39, 0.29) is 11.9 Å². The van der Waals surface area contributed by atoms with Crippen LogP contribution in [-0.2, 0) is 6.42 Å². The SMILES string of the molecule is CCc1noc2ncc(C(=O)N3CCC(C)CC3CN)cc12. The van der Waals surface area contributed by atoms with Gasteiger partial charge in [0.15, 0.2) is 0 Å². The van der Waals surface area contributed by atoms with Gasteiger partial charge in [-0.3, -0.25) is 4.79 Å². The van der Waals surface area contributed by atoms with Crippen LogP contribution in [0.4, 0.5) is 0 Å². The lowest BCUT2D eigenvalue weighted by atomic mass is 9.92. The second kappa shape index (κ2) is 6.04. The van der Waals surface area contributed by atoms with Crippen LogP contribution in [0, 0.1) is 5.92 Å². The molecular formula is C16H22N4O2. The Bertz CT molecular complexity index is 682. The van der Waals surface area contributed by atoms with Crippen molar-refractivity contribution >= 4 is 17.0 Å². The third-order valence-corrected chi connectivity index (χ3v) is 4.50. The smallest absolute Gasteiger partial charge is 0.257 e. The van der Waals surface area contributed by atoms with Crippen molar-refractivity contribution < 1.29 is 9.32 Å². The summed E-state index contributed by atoms with van der Waals surface area (Å²) in [7, 11) is 0. The molecule has 1 aliphatic rings. The molecule has 1 aliphatic heterocycles. The minimum Gasteiger partial charge on any atom is -0.336 e. The van der Waals surface area contributed by atoms with Gasteiger partial charge in [-0.2, -0.15) is 0 Å². The number of hydrogen-bond acceptors (Lipinski definition) is 5. The first-order chi connectivity index (χ1) is 10.6. The van der Waals surface area contributed by atoms with Crippen LogP contribution in [0.2, 0.25) is 0 Å². The fourth-order valence-corrected chi connectivity index (χ4v) is 3.16. The third-order valence-electron chi connectivity index (χ3n) is 4.50. The van der Waals surface area contributed by atoms with Gasteiger partial charge in [-0.05, 0) is 31.2 Å². The highest BCUT2D eigenvalue weighted by Crippen LogP contribution is 2.25. The summed E-state index contributed by atoms with van der Waals surface area (Å²) in [6.07, 6.45) is 4.30. The standard InChI is InChI=1S/C16H22N4O2/c1-3-14-13-7-11(9-18-15(13)22-19-14)16(21)20-5-4-10(2)6-12(20)8-17/h7,9-10,12H,3-6,8,17H2,1-2H3. The van der Waals surface area contributed by atoms with E-state index < -0.39 is 0 Å². The average molecular weight is 302 g/mol. The highest BCUT2D eigenvalue weighted by molar-refractivity contribution is 5.97. The van der Waals surface area contributed by atoms with Crippen molar-refractivity contribution in [2.45, 2.75) is 39.2 Å². The van der Waals surface area contributed by atoms with E-state index in [9.17, 15) is 4.79 Å². The van der Waals surface area contributed by atoms with Crippen molar-refractivity contribution in [2.75, 3.05) is 13.1 Å². The van der Waals surface area contributed by atoms with E-state index in [0.29, 0.717) is 23.7 Å². The Balaban J connectivity index is 1.90. The molecule has 2 aromatic heterocycles. The van der Waals surface area contributed by atoms with E-state index in [4.69, 9.17) is 10.3 Å². The summed E-state index contributed by atoms with van der Waals surface area (Å²) < 4.78 is 5.17. The molecule has 0 aromatic carbocycles. The predicted molar refractivity (Wildman–Crippen MR) is 83.5 cm³/mol. The Morgan fingerprint density at radius 1 is 1.55 bits per heavy atom. The van der Waals surface area contributed by atoms with Crippen molar-refractivity contribution in [1.29, 1.82) is 0 Å². The lowest BCUT2D eigenvalue weighted by Gasteiger charge is -2.38. The number of pyridine rings is 1. The lowest BCUT2D eigenvalue weighted by Crippen LogP contribution is -2.49. The van der Waals surface area contributed by atoms with E-state index in [1.807, 2.05) is 17.9 Å². The first-order valence-electron chi connectivity index (χ1n) is 7.89. The number of piperidine rings is 1. The molecule has 1 saturated heterocycles. The number of hydrogen-bond donors (Lipinski definition) is 1. The number of rotatable bonds is 3. The number of fused-ring (bicyclic) bond motifs is 1. The Morgan fingerprint density at radius 3 is 3.09 bits per heavy atom.